The molecule has 20 heavy (non-hydrogen) atoms. The Labute approximate surface area is 126 Å². The van der Waals surface area contributed by atoms with Crippen LogP contribution in [0, 0.1) is 0 Å². The lowest BCUT2D eigenvalue weighted by Crippen LogP contribution is -2.51. The maximum absolute atomic E-state index is 12.2. The van der Waals surface area contributed by atoms with Gasteiger partial charge in [0.25, 0.3) is 5.91 Å². The smallest absolute Gasteiger partial charge is 0.295 e. The van der Waals surface area contributed by atoms with Crippen LogP contribution in [0.4, 0.5) is 0 Å². The van der Waals surface area contributed by atoms with Crippen LogP contribution in [0.15, 0.2) is 28.7 Å². The number of ketones is 1. The number of Topliss-reactive ketones (excluding diaryl/α,β-unsaturated/α-hetero) is 1. The standard InChI is InChI=1S/C15H17BrN2O2/c16-12-3-1-11(2-4-12)14(19)15(20)18-9-7-17(8-10-18)13-5-6-13/h1-4,13H,5-10H2. The second-order valence-electron chi connectivity index (χ2n) is 5.40. The van der Waals surface area contributed by atoms with E-state index in [1.807, 2.05) is 0 Å². The molecular weight excluding hydrogens is 320 g/mol. The van der Waals surface area contributed by atoms with Crippen molar-refractivity contribution < 1.29 is 9.59 Å². The number of halogens is 1. The van der Waals surface area contributed by atoms with Crippen LogP contribution < -0.4 is 0 Å². The molecule has 1 aromatic rings. The lowest BCUT2D eigenvalue weighted by molar-refractivity contribution is -0.128. The summed E-state index contributed by atoms with van der Waals surface area (Å²) < 4.78 is 0.902. The highest BCUT2D eigenvalue weighted by Crippen LogP contribution is 2.27. The Morgan fingerprint density at radius 1 is 1.00 bits per heavy atom. The Kier molecular flexibility index (Phi) is 3.89. The van der Waals surface area contributed by atoms with Gasteiger partial charge in [0.2, 0.25) is 5.78 Å². The largest absolute Gasteiger partial charge is 0.333 e. The van der Waals surface area contributed by atoms with Crippen LogP contribution in [0.2, 0.25) is 0 Å². The van der Waals surface area contributed by atoms with E-state index in [-0.39, 0.29) is 5.91 Å². The van der Waals surface area contributed by atoms with Crippen molar-refractivity contribution in [1.82, 2.24) is 9.80 Å². The third-order valence-corrected chi connectivity index (χ3v) is 4.49. The van der Waals surface area contributed by atoms with Gasteiger partial charge in [0.15, 0.2) is 0 Å². The zero-order valence-corrected chi connectivity index (χ0v) is 12.8. The lowest BCUT2D eigenvalue weighted by atomic mass is 10.1. The number of carbonyl (C=O) groups is 2. The van der Waals surface area contributed by atoms with Crippen LogP contribution in [0.3, 0.4) is 0 Å². The number of carbonyl (C=O) groups excluding carboxylic acids is 2. The van der Waals surface area contributed by atoms with E-state index in [0.29, 0.717) is 18.7 Å². The van der Waals surface area contributed by atoms with Crippen LogP contribution >= 0.6 is 15.9 Å². The molecule has 0 N–H and O–H groups in total. The highest BCUT2D eigenvalue weighted by Gasteiger charge is 2.33. The fourth-order valence-electron chi connectivity index (χ4n) is 2.60. The monoisotopic (exact) mass is 336 g/mol. The number of rotatable bonds is 3. The summed E-state index contributed by atoms with van der Waals surface area (Å²) in [5.74, 6) is -0.778. The summed E-state index contributed by atoms with van der Waals surface area (Å²) >= 11 is 3.32. The molecule has 0 spiro atoms. The zero-order chi connectivity index (χ0) is 14.1. The number of nitrogens with zero attached hydrogens (tertiary/aromatic N) is 2. The van der Waals surface area contributed by atoms with E-state index < -0.39 is 5.78 Å². The normalized spacial score (nSPS) is 19.9. The van der Waals surface area contributed by atoms with E-state index in [1.165, 1.54) is 12.8 Å². The lowest BCUT2D eigenvalue weighted by Gasteiger charge is -2.34. The van der Waals surface area contributed by atoms with Crippen molar-refractivity contribution in [2.75, 3.05) is 26.2 Å². The van der Waals surface area contributed by atoms with Crippen LogP contribution in [-0.2, 0) is 4.79 Å². The zero-order valence-electron chi connectivity index (χ0n) is 11.2. The summed E-state index contributed by atoms with van der Waals surface area (Å²) in [7, 11) is 0. The summed E-state index contributed by atoms with van der Waals surface area (Å²) in [6, 6.07) is 7.67. The average Bonchev–Trinajstić information content (AvgIpc) is 3.31. The minimum absolute atomic E-state index is 0.372. The summed E-state index contributed by atoms with van der Waals surface area (Å²) in [5.41, 5.74) is 0.461. The molecule has 0 bridgehead atoms. The number of benzene rings is 1. The van der Waals surface area contributed by atoms with Gasteiger partial charge in [-0.2, -0.15) is 0 Å². The fourth-order valence-corrected chi connectivity index (χ4v) is 2.86. The maximum Gasteiger partial charge on any atom is 0.295 e. The predicted octanol–water partition coefficient (Wildman–Crippen LogP) is 1.94. The van der Waals surface area contributed by atoms with E-state index in [4.69, 9.17) is 0 Å². The van der Waals surface area contributed by atoms with Crippen LogP contribution in [-0.4, -0.2) is 53.7 Å². The molecule has 1 saturated carbocycles. The number of amides is 1. The molecule has 1 aromatic carbocycles. The Morgan fingerprint density at radius 2 is 1.60 bits per heavy atom. The van der Waals surface area contributed by atoms with Gasteiger partial charge in [0.1, 0.15) is 0 Å². The van der Waals surface area contributed by atoms with Gasteiger partial charge in [-0.1, -0.05) is 15.9 Å². The van der Waals surface area contributed by atoms with E-state index in [9.17, 15) is 9.59 Å². The van der Waals surface area contributed by atoms with Crippen molar-refractivity contribution in [1.29, 1.82) is 0 Å². The first-order chi connectivity index (χ1) is 9.65. The van der Waals surface area contributed by atoms with E-state index in [2.05, 4.69) is 20.8 Å². The van der Waals surface area contributed by atoms with Gasteiger partial charge in [-0.05, 0) is 37.1 Å². The molecule has 0 radical (unpaired) electrons. The highest BCUT2D eigenvalue weighted by molar-refractivity contribution is 9.10. The molecule has 0 unspecified atom stereocenters. The number of hydrogen-bond donors (Lipinski definition) is 0. The first-order valence-corrected chi connectivity index (χ1v) is 7.77. The molecule has 1 aliphatic heterocycles. The first-order valence-electron chi connectivity index (χ1n) is 6.98. The predicted molar refractivity (Wildman–Crippen MR) is 79.6 cm³/mol. The first kappa shape index (κ1) is 13.8. The molecule has 2 aliphatic rings. The van der Waals surface area contributed by atoms with Crippen molar-refractivity contribution >= 4 is 27.6 Å². The van der Waals surface area contributed by atoms with Crippen molar-refractivity contribution in [3.05, 3.63) is 34.3 Å². The summed E-state index contributed by atoms with van der Waals surface area (Å²) in [5, 5.41) is 0. The molecule has 1 heterocycles. The van der Waals surface area contributed by atoms with Crippen LogP contribution in [0.25, 0.3) is 0 Å². The van der Waals surface area contributed by atoms with Crippen molar-refractivity contribution in [3.8, 4) is 0 Å². The van der Waals surface area contributed by atoms with Crippen LogP contribution in [0.5, 0.6) is 0 Å². The highest BCUT2D eigenvalue weighted by atomic mass is 79.9. The van der Waals surface area contributed by atoms with Gasteiger partial charge >= 0.3 is 0 Å². The van der Waals surface area contributed by atoms with Gasteiger partial charge in [-0.3, -0.25) is 14.5 Å². The van der Waals surface area contributed by atoms with E-state index >= 15 is 0 Å². The summed E-state index contributed by atoms with van der Waals surface area (Å²) in [6.07, 6.45) is 2.57. The average molecular weight is 337 g/mol. The van der Waals surface area contributed by atoms with Gasteiger partial charge in [-0.15, -0.1) is 0 Å². The van der Waals surface area contributed by atoms with Gasteiger partial charge < -0.3 is 4.90 Å². The fraction of sp³-hybridized carbons (Fsp3) is 0.467. The Morgan fingerprint density at radius 3 is 2.15 bits per heavy atom. The SMILES string of the molecule is O=C(C(=O)N1CCN(C2CC2)CC1)c1ccc(Br)cc1. The molecule has 106 valence electrons. The van der Waals surface area contributed by atoms with Gasteiger partial charge in [0.05, 0.1) is 0 Å². The third kappa shape index (κ3) is 2.94. The molecule has 1 saturated heterocycles. The van der Waals surface area contributed by atoms with Crippen LogP contribution in [0.1, 0.15) is 23.2 Å². The molecule has 1 amide bonds. The molecular formula is C15H17BrN2O2. The quantitative estimate of drug-likeness (QED) is 0.625. The molecule has 1 aliphatic carbocycles. The Bertz CT molecular complexity index is 517. The maximum atomic E-state index is 12.2. The van der Waals surface area contributed by atoms with E-state index in [1.54, 1.807) is 29.2 Å². The topological polar surface area (TPSA) is 40.6 Å². The third-order valence-electron chi connectivity index (χ3n) is 3.97. The van der Waals surface area contributed by atoms with Crippen molar-refractivity contribution in [2.24, 2.45) is 0 Å². The van der Waals surface area contributed by atoms with Gasteiger partial charge in [0, 0.05) is 42.3 Å². The molecule has 4 nitrogen and oxygen atoms in total. The summed E-state index contributed by atoms with van der Waals surface area (Å²) in [4.78, 5) is 28.5. The number of piperazine rings is 1. The second kappa shape index (κ2) is 5.66. The van der Waals surface area contributed by atoms with Crippen molar-refractivity contribution in [2.45, 2.75) is 18.9 Å². The van der Waals surface area contributed by atoms with Crippen molar-refractivity contribution in [3.63, 3.8) is 0 Å². The molecule has 2 fully saturated rings. The number of hydrogen-bond acceptors (Lipinski definition) is 3. The van der Waals surface area contributed by atoms with Gasteiger partial charge in [-0.25, -0.2) is 0 Å². The Hall–Kier alpha value is -1.20. The molecule has 0 atom stereocenters. The molecule has 5 heteroatoms. The Balaban J connectivity index is 1.60. The minimum atomic E-state index is -0.405. The summed E-state index contributed by atoms with van der Waals surface area (Å²) in [6.45, 7) is 3.11. The van der Waals surface area contributed by atoms with E-state index in [0.717, 1.165) is 23.6 Å². The minimum Gasteiger partial charge on any atom is -0.333 e. The second-order valence-corrected chi connectivity index (χ2v) is 6.31. The molecule has 0 aromatic heterocycles. The molecule has 3 rings (SSSR count).